The minimum atomic E-state index is -0.262. The molecule has 1 aliphatic rings. The number of hydrazine groups is 1. The van der Waals surface area contributed by atoms with Crippen LogP contribution in [0.15, 0.2) is 4.52 Å². The highest BCUT2D eigenvalue weighted by atomic mass is 16.5. The van der Waals surface area contributed by atoms with E-state index in [4.69, 9.17) is 10.4 Å². The van der Waals surface area contributed by atoms with Gasteiger partial charge in [0.2, 0.25) is 5.88 Å². The van der Waals surface area contributed by atoms with E-state index < -0.39 is 0 Å². The molecule has 2 rings (SSSR count). The van der Waals surface area contributed by atoms with Crippen molar-refractivity contribution in [1.82, 2.24) is 10.2 Å². The Kier molecular flexibility index (Phi) is 1.31. The van der Waals surface area contributed by atoms with Gasteiger partial charge in [-0.3, -0.25) is 9.80 Å². The molecule has 6 nitrogen and oxygen atoms in total. The van der Waals surface area contributed by atoms with Gasteiger partial charge in [-0.25, -0.2) is 5.84 Å². The van der Waals surface area contributed by atoms with Crippen LogP contribution in [0.3, 0.4) is 0 Å². The molecule has 0 radical (unpaired) electrons. The average Bonchev–Trinajstić information content (AvgIpc) is 2.41. The second-order valence-corrected chi connectivity index (χ2v) is 2.58. The molecular weight excluding hydrogens is 160 g/mol. The van der Waals surface area contributed by atoms with Crippen LogP contribution in [0.5, 0.6) is 0 Å². The van der Waals surface area contributed by atoms with Gasteiger partial charge in [-0.15, -0.1) is 0 Å². The molecule has 0 aromatic carbocycles. The van der Waals surface area contributed by atoms with Crippen LogP contribution in [0.4, 0.5) is 5.88 Å². The SMILES string of the molecule is Cc1noc2c1C(=O)N(N)CN2. The predicted molar refractivity (Wildman–Crippen MR) is 40.1 cm³/mol. The predicted octanol–water partition coefficient (Wildman–Crippen LogP) is -0.318. The molecule has 1 amide bonds. The Morgan fingerprint density at radius 1 is 1.75 bits per heavy atom. The number of hydrogen-bond donors (Lipinski definition) is 2. The fourth-order valence-corrected chi connectivity index (χ4v) is 1.11. The molecule has 0 saturated heterocycles. The van der Waals surface area contributed by atoms with E-state index in [-0.39, 0.29) is 12.6 Å². The molecular formula is C6H8N4O2. The molecule has 0 saturated carbocycles. The monoisotopic (exact) mass is 168 g/mol. The number of nitrogens with one attached hydrogen (secondary N) is 1. The van der Waals surface area contributed by atoms with Crippen molar-refractivity contribution < 1.29 is 9.32 Å². The van der Waals surface area contributed by atoms with Gasteiger partial charge in [-0.1, -0.05) is 5.16 Å². The van der Waals surface area contributed by atoms with Crippen LogP contribution in [-0.4, -0.2) is 22.7 Å². The molecule has 0 bridgehead atoms. The largest absolute Gasteiger partial charge is 0.338 e. The van der Waals surface area contributed by atoms with Crippen molar-refractivity contribution in [2.45, 2.75) is 6.92 Å². The summed E-state index contributed by atoms with van der Waals surface area (Å²) in [5.41, 5.74) is 0.974. The quantitative estimate of drug-likeness (QED) is 0.409. The first-order valence-corrected chi connectivity index (χ1v) is 3.47. The number of nitrogens with zero attached hydrogens (tertiary/aromatic N) is 2. The van der Waals surface area contributed by atoms with E-state index in [0.29, 0.717) is 17.1 Å². The fourth-order valence-electron chi connectivity index (χ4n) is 1.11. The number of carbonyl (C=O) groups is 1. The highest BCUT2D eigenvalue weighted by molar-refractivity contribution is 6.00. The average molecular weight is 168 g/mol. The molecule has 1 aliphatic heterocycles. The minimum Gasteiger partial charge on any atom is -0.338 e. The van der Waals surface area contributed by atoms with Gasteiger partial charge in [-0.2, -0.15) is 0 Å². The van der Waals surface area contributed by atoms with E-state index in [0.717, 1.165) is 5.01 Å². The molecule has 0 atom stereocenters. The normalized spacial score (nSPS) is 15.8. The van der Waals surface area contributed by atoms with Crippen LogP contribution in [0, 0.1) is 6.92 Å². The number of carbonyl (C=O) groups excluding carboxylic acids is 1. The summed E-state index contributed by atoms with van der Waals surface area (Å²) < 4.78 is 4.84. The lowest BCUT2D eigenvalue weighted by Gasteiger charge is -2.21. The number of anilines is 1. The van der Waals surface area contributed by atoms with Gasteiger partial charge in [-0.05, 0) is 6.92 Å². The van der Waals surface area contributed by atoms with E-state index in [9.17, 15) is 4.79 Å². The Morgan fingerprint density at radius 2 is 2.50 bits per heavy atom. The third kappa shape index (κ3) is 0.782. The van der Waals surface area contributed by atoms with Crippen LogP contribution in [0.25, 0.3) is 0 Å². The summed E-state index contributed by atoms with van der Waals surface area (Å²) in [7, 11) is 0. The Labute approximate surface area is 68.3 Å². The maximum atomic E-state index is 11.4. The van der Waals surface area contributed by atoms with E-state index >= 15 is 0 Å². The molecule has 0 unspecified atom stereocenters. The summed E-state index contributed by atoms with van der Waals surface area (Å²) in [5, 5.41) is 7.53. The maximum Gasteiger partial charge on any atom is 0.276 e. The number of nitrogens with two attached hydrogens (primary N) is 1. The molecule has 2 heterocycles. The Hall–Kier alpha value is -1.56. The van der Waals surface area contributed by atoms with Crippen molar-refractivity contribution in [3.8, 4) is 0 Å². The van der Waals surface area contributed by atoms with Crippen LogP contribution in [0.1, 0.15) is 16.1 Å². The van der Waals surface area contributed by atoms with Gasteiger partial charge < -0.3 is 9.84 Å². The lowest BCUT2D eigenvalue weighted by Crippen LogP contribution is -2.44. The van der Waals surface area contributed by atoms with Crippen LogP contribution in [0.2, 0.25) is 0 Å². The fraction of sp³-hybridized carbons (Fsp3) is 0.333. The zero-order valence-corrected chi connectivity index (χ0v) is 6.50. The van der Waals surface area contributed by atoms with Crippen molar-refractivity contribution in [3.05, 3.63) is 11.3 Å². The highest BCUT2D eigenvalue weighted by Gasteiger charge is 2.28. The topological polar surface area (TPSA) is 84.4 Å². The summed E-state index contributed by atoms with van der Waals surface area (Å²) in [5.74, 6) is 5.51. The number of hydrogen-bond acceptors (Lipinski definition) is 5. The molecule has 64 valence electrons. The minimum absolute atomic E-state index is 0.250. The molecule has 0 spiro atoms. The van der Waals surface area contributed by atoms with Crippen molar-refractivity contribution in [2.24, 2.45) is 5.84 Å². The molecule has 1 aromatic heterocycles. The number of amides is 1. The van der Waals surface area contributed by atoms with Crippen molar-refractivity contribution in [1.29, 1.82) is 0 Å². The van der Waals surface area contributed by atoms with Crippen molar-refractivity contribution >= 4 is 11.8 Å². The molecule has 0 aliphatic carbocycles. The smallest absolute Gasteiger partial charge is 0.276 e. The lowest BCUT2D eigenvalue weighted by atomic mass is 10.2. The van der Waals surface area contributed by atoms with Crippen molar-refractivity contribution in [3.63, 3.8) is 0 Å². The summed E-state index contributed by atoms with van der Waals surface area (Å²) in [4.78, 5) is 11.4. The summed E-state index contributed by atoms with van der Waals surface area (Å²) in [6.07, 6.45) is 0. The first-order chi connectivity index (χ1) is 5.70. The summed E-state index contributed by atoms with van der Waals surface area (Å²) in [6, 6.07) is 0. The Bertz CT molecular complexity index is 332. The summed E-state index contributed by atoms with van der Waals surface area (Å²) in [6.45, 7) is 1.95. The van der Waals surface area contributed by atoms with Gasteiger partial charge >= 0.3 is 0 Å². The highest BCUT2D eigenvalue weighted by Crippen LogP contribution is 2.22. The van der Waals surface area contributed by atoms with Crippen LogP contribution >= 0.6 is 0 Å². The zero-order valence-electron chi connectivity index (χ0n) is 6.50. The van der Waals surface area contributed by atoms with E-state index in [1.165, 1.54) is 0 Å². The van der Waals surface area contributed by atoms with Gasteiger partial charge in [0.25, 0.3) is 5.91 Å². The first kappa shape index (κ1) is 7.11. The van der Waals surface area contributed by atoms with Crippen molar-refractivity contribution in [2.75, 3.05) is 12.0 Å². The van der Waals surface area contributed by atoms with Gasteiger partial charge in [0.15, 0.2) is 0 Å². The Morgan fingerprint density at radius 3 is 3.25 bits per heavy atom. The number of aromatic nitrogens is 1. The molecule has 6 heteroatoms. The Balaban J connectivity index is 2.53. The number of aryl methyl sites for hydroxylation is 1. The first-order valence-electron chi connectivity index (χ1n) is 3.47. The zero-order chi connectivity index (χ0) is 8.72. The van der Waals surface area contributed by atoms with E-state index in [2.05, 4.69) is 10.5 Å². The van der Waals surface area contributed by atoms with E-state index in [1.54, 1.807) is 6.92 Å². The maximum absolute atomic E-state index is 11.4. The van der Waals surface area contributed by atoms with E-state index in [1.807, 2.05) is 0 Å². The molecule has 1 aromatic rings. The van der Waals surface area contributed by atoms with Crippen LogP contribution < -0.4 is 11.2 Å². The van der Waals surface area contributed by atoms with Gasteiger partial charge in [0, 0.05) is 0 Å². The lowest BCUT2D eigenvalue weighted by molar-refractivity contribution is 0.0755. The third-order valence-electron chi connectivity index (χ3n) is 1.75. The second kappa shape index (κ2) is 2.21. The molecule has 12 heavy (non-hydrogen) atoms. The molecule has 0 fully saturated rings. The standard InChI is InChI=1S/C6H8N4O2/c1-3-4-5(12-9-3)8-2-10(7)6(4)11/h8H,2,7H2,1H3. The number of rotatable bonds is 0. The van der Waals surface area contributed by atoms with Gasteiger partial charge in [0.1, 0.15) is 12.2 Å². The van der Waals surface area contributed by atoms with Gasteiger partial charge in [0.05, 0.1) is 5.69 Å². The third-order valence-corrected chi connectivity index (χ3v) is 1.75. The molecule has 3 N–H and O–H groups in total. The summed E-state index contributed by atoms with van der Waals surface area (Å²) >= 11 is 0. The second-order valence-electron chi connectivity index (χ2n) is 2.58. The van der Waals surface area contributed by atoms with Crippen LogP contribution in [-0.2, 0) is 0 Å². The number of fused-ring (bicyclic) bond motifs is 1.